The van der Waals surface area contributed by atoms with Crippen molar-refractivity contribution in [1.82, 2.24) is 0 Å². The summed E-state index contributed by atoms with van der Waals surface area (Å²) in [7, 11) is 0. The second kappa shape index (κ2) is 5.53. The molecule has 0 aromatic rings. The first-order valence-electron chi connectivity index (χ1n) is 6.77. The Labute approximate surface area is 94.5 Å². The van der Waals surface area contributed by atoms with Crippen molar-refractivity contribution in [2.45, 2.75) is 64.7 Å². The Bertz CT molecular complexity index is 257. The minimum absolute atomic E-state index is 0.817. The van der Waals surface area contributed by atoms with Crippen LogP contribution in [0.15, 0.2) is 23.3 Å². The molecule has 0 N–H and O–H groups in total. The molecule has 0 amide bonds. The summed E-state index contributed by atoms with van der Waals surface area (Å²) in [5.74, 6) is 0.817. The summed E-state index contributed by atoms with van der Waals surface area (Å²) in [4.78, 5) is 0. The molecule has 0 saturated heterocycles. The van der Waals surface area contributed by atoms with Gasteiger partial charge in [-0.05, 0) is 62.0 Å². The number of allylic oxidation sites excluding steroid dienone is 4. The molecule has 0 heteroatoms. The van der Waals surface area contributed by atoms with Crippen LogP contribution in [-0.2, 0) is 0 Å². The van der Waals surface area contributed by atoms with Crippen molar-refractivity contribution >= 4 is 0 Å². The van der Waals surface area contributed by atoms with Gasteiger partial charge >= 0.3 is 0 Å². The van der Waals surface area contributed by atoms with Gasteiger partial charge in [0, 0.05) is 0 Å². The van der Waals surface area contributed by atoms with Gasteiger partial charge in [0.2, 0.25) is 0 Å². The summed E-state index contributed by atoms with van der Waals surface area (Å²) < 4.78 is 0. The van der Waals surface area contributed by atoms with E-state index in [1.54, 1.807) is 11.1 Å². The zero-order valence-electron chi connectivity index (χ0n) is 10.1. The normalized spacial score (nSPS) is 28.7. The van der Waals surface area contributed by atoms with Gasteiger partial charge in [0.1, 0.15) is 0 Å². The molecule has 15 heavy (non-hydrogen) atoms. The lowest BCUT2D eigenvalue weighted by Crippen LogP contribution is -2.01. The highest BCUT2D eigenvalue weighted by molar-refractivity contribution is 5.33. The summed E-state index contributed by atoms with van der Waals surface area (Å²) in [6, 6.07) is 0. The lowest BCUT2D eigenvalue weighted by molar-refractivity contribution is 0.582. The van der Waals surface area contributed by atoms with Crippen LogP contribution in [0.25, 0.3) is 0 Å². The Balaban J connectivity index is 2.11. The predicted octanol–water partition coefficient (Wildman–Crippen LogP) is 5.01. The van der Waals surface area contributed by atoms with Crippen molar-refractivity contribution < 1.29 is 0 Å². The van der Waals surface area contributed by atoms with Crippen molar-refractivity contribution in [2.24, 2.45) is 5.92 Å². The SMILES string of the molecule is CC1CCCCC=C1C1=CCCCCC1. The molecule has 0 saturated carbocycles. The van der Waals surface area contributed by atoms with Crippen LogP contribution >= 0.6 is 0 Å². The summed E-state index contributed by atoms with van der Waals surface area (Å²) in [5, 5.41) is 0. The molecule has 0 aliphatic heterocycles. The van der Waals surface area contributed by atoms with E-state index in [4.69, 9.17) is 0 Å². The van der Waals surface area contributed by atoms with E-state index in [9.17, 15) is 0 Å². The third kappa shape index (κ3) is 2.96. The van der Waals surface area contributed by atoms with Gasteiger partial charge in [0.05, 0.1) is 0 Å². The maximum atomic E-state index is 2.54. The quantitative estimate of drug-likeness (QED) is 0.563. The van der Waals surface area contributed by atoms with E-state index in [1.807, 2.05) is 0 Å². The maximum absolute atomic E-state index is 2.54. The van der Waals surface area contributed by atoms with E-state index in [-0.39, 0.29) is 0 Å². The van der Waals surface area contributed by atoms with Gasteiger partial charge in [-0.25, -0.2) is 0 Å². The van der Waals surface area contributed by atoms with E-state index in [0.29, 0.717) is 0 Å². The molecule has 0 nitrogen and oxygen atoms in total. The van der Waals surface area contributed by atoms with Gasteiger partial charge in [-0.1, -0.05) is 31.9 Å². The molecule has 1 atom stereocenters. The molecule has 84 valence electrons. The van der Waals surface area contributed by atoms with E-state index < -0.39 is 0 Å². The third-order valence-corrected chi connectivity index (χ3v) is 3.90. The van der Waals surface area contributed by atoms with Crippen molar-refractivity contribution in [2.75, 3.05) is 0 Å². The van der Waals surface area contributed by atoms with Gasteiger partial charge in [-0.3, -0.25) is 0 Å². The molecular weight excluding hydrogens is 180 g/mol. The minimum Gasteiger partial charge on any atom is -0.0810 e. The van der Waals surface area contributed by atoms with Crippen LogP contribution < -0.4 is 0 Å². The largest absolute Gasteiger partial charge is 0.0810 e. The molecule has 2 rings (SSSR count). The van der Waals surface area contributed by atoms with Gasteiger partial charge in [0.15, 0.2) is 0 Å². The van der Waals surface area contributed by atoms with Crippen LogP contribution in [0.5, 0.6) is 0 Å². The van der Waals surface area contributed by atoms with Crippen molar-refractivity contribution in [3.63, 3.8) is 0 Å². The highest BCUT2D eigenvalue weighted by Gasteiger charge is 2.16. The Hall–Kier alpha value is -0.520. The average Bonchev–Trinajstić information content (AvgIpc) is 2.59. The van der Waals surface area contributed by atoms with Gasteiger partial charge in [-0.15, -0.1) is 0 Å². The number of rotatable bonds is 1. The maximum Gasteiger partial charge on any atom is -0.0191 e. The summed E-state index contributed by atoms with van der Waals surface area (Å²) in [6.07, 6.45) is 17.5. The lowest BCUT2D eigenvalue weighted by Gasteiger charge is -2.16. The molecule has 0 spiro atoms. The molecular formula is C15H24. The first-order chi connectivity index (χ1) is 7.38. The second-order valence-electron chi connectivity index (χ2n) is 5.17. The zero-order valence-corrected chi connectivity index (χ0v) is 10.1. The molecule has 2 aliphatic rings. The topological polar surface area (TPSA) is 0 Å². The van der Waals surface area contributed by atoms with E-state index in [2.05, 4.69) is 19.1 Å². The Morgan fingerprint density at radius 1 is 0.933 bits per heavy atom. The van der Waals surface area contributed by atoms with Crippen LogP contribution in [0, 0.1) is 5.92 Å². The fourth-order valence-electron chi connectivity index (χ4n) is 2.93. The first kappa shape index (κ1) is 11.0. The lowest BCUT2D eigenvalue weighted by atomic mass is 9.89. The Kier molecular flexibility index (Phi) is 4.05. The van der Waals surface area contributed by atoms with Crippen molar-refractivity contribution in [3.05, 3.63) is 23.3 Å². The van der Waals surface area contributed by atoms with Gasteiger partial charge in [0.25, 0.3) is 0 Å². The molecule has 0 aromatic heterocycles. The fraction of sp³-hybridized carbons (Fsp3) is 0.733. The molecule has 0 bridgehead atoms. The number of hydrogen-bond donors (Lipinski definition) is 0. The fourth-order valence-corrected chi connectivity index (χ4v) is 2.93. The van der Waals surface area contributed by atoms with Crippen molar-refractivity contribution in [3.8, 4) is 0 Å². The van der Waals surface area contributed by atoms with Gasteiger partial charge in [-0.2, -0.15) is 0 Å². The second-order valence-corrected chi connectivity index (χ2v) is 5.17. The highest BCUT2D eigenvalue weighted by Crippen LogP contribution is 2.33. The van der Waals surface area contributed by atoms with Gasteiger partial charge < -0.3 is 0 Å². The Morgan fingerprint density at radius 2 is 1.73 bits per heavy atom. The summed E-state index contributed by atoms with van der Waals surface area (Å²) >= 11 is 0. The standard InChI is InChI=1S/C15H24/c1-13-9-5-4-8-12-15(13)14-10-6-2-3-7-11-14/h10,12-13H,2-9,11H2,1H3. The average molecular weight is 204 g/mol. The van der Waals surface area contributed by atoms with Crippen LogP contribution in [-0.4, -0.2) is 0 Å². The smallest absolute Gasteiger partial charge is 0.0191 e. The van der Waals surface area contributed by atoms with Crippen LogP contribution in [0.4, 0.5) is 0 Å². The Morgan fingerprint density at radius 3 is 2.67 bits per heavy atom. The molecule has 0 radical (unpaired) electrons. The minimum atomic E-state index is 0.817. The molecule has 2 aliphatic carbocycles. The predicted molar refractivity (Wildman–Crippen MR) is 66.9 cm³/mol. The summed E-state index contributed by atoms with van der Waals surface area (Å²) in [5.41, 5.74) is 3.40. The zero-order chi connectivity index (χ0) is 10.5. The van der Waals surface area contributed by atoms with Crippen LogP contribution in [0.2, 0.25) is 0 Å². The summed E-state index contributed by atoms with van der Waals surface area (Å²) in [6.45, 7) is 2.42. The molecule has 1 unspecified atom stereocenters. The van der Waals surface area contributed by atoms with Crippen molar-refractivity contribution in [1.29, 1.82) is 0 Å². The first-order valence-corrected chi connectivity index (χ1v) is 6.77. The van der Waals surface area contributed by atoms with Crippen LogP contribution in [0.1, 0.15) is 64.7 Å². The number of hydrogen-bond acceptors (Lipinski definition) is 0. The third-order valence-electron chi connectivity index (χ3n) is 3.90. The highest BCUT2D eigenvalue weighted by atomic mass is 14.2. The van der Waals surface area contributed by atoms with E-state index in [0.717, 1.165) is 5.92 Å². The monoisotopic (exact) mass is 204 g/mol. The van der Waals surface area contributed by atoms with E-state index >= 15 is 0 Å². The van der Waals surface area contributed by atoms with Crippen LogP contribution in [0.3, 0.4) is 0 Å². The molecule has 0 aromatic carbocycles. The molecule has 0 heterocycles. The molecule has 0 fully saturated rings. The van der Waals surface area contributed by atoms with E-state index in [1.165, 1.54) is 57.8 Å².